The second-order valence-corrected chi connectivity index (χ2v) is 7.67. The fourth-order valence-electron chi connectivity index (χ4n) is 3.55. The number of aromatic amines is 2. The molecule has 11 nitrogen and oxygen atoms in total. The van der Waals surface area contributed by atoms with Gasteiger partial charge in [0.1, 0.15) is 5.69 Å². The van der Waals surface area contributed by atoms with Crippen LogP contribution in [0.15, 0.2) is 16.0 Å². The zero-order valence-corrected chi connectivity index (χ0v) is 16.2. The molecule has 0 bridgehead atoms. The Labute approximate surface area is 164 Å². The van der Waals surface area contributed by atoms with Gasteiger partial charge in [0.2, 0.25) is 11.8 Å². The lowest BCUT2D eigenvalue weighted by Crippen LogP contribution is -2.47. The molecule has 11 heteroatoms. The van der Waals surface area contributed by atoms with Gasteiger partial charge in [-0.15, -0.1) is 0 Å². The first-order valence-electron chi connectivity index (χ1n) is 9.69. The second kappa shape index (κ2) is 6.69. The minimum Gasteiger partial charge on any atom is -0.493 e. The van der Waals surface area contributed by atoms with E-state index >= 15 is 0 Å². The summed E-state index contributed by atoms with van der Waals surface area (Å²) in [6, 6.07) is 0.269. The van der Waals surface area contributed by atoms with Crippen LogP contribution >= 0.6 is 0 Å². The van der Waals surface area contributed by atoms with Crippen LogP contribution in [0.4, 0.5) is 5.95 Å². The number of hydrogen-bond donors (Lipinski definition) is 3. The molecule has 1 saturated heterocycles. The molecule has 1 saturated carbocycles. The number of imidazole rings is 1. The lowest BCUT2D eigenvalue weighted by Gasteiger charge is -2.35. The van der Waals surface area contributed by atoms with Gasteiger partial charge in [0.15, 0.2) is 5.65 Å². The number of H-pyrrole nitrogens is 2. The van der Waals surface area contributed by atoms with E-state index in [9.17, 15) is 9.90 Å². The van der Waals surface area contributed by atoms with Gasteiger partial charge < -0.3 is 19.7 Å². The zero-order valence-electron chi connectivity index (χ0n) is 16.2. The molecule has 0 radical (unpaired) electrons. The van der Waals surface area contributed by atoms with Crippen LogP contribution in [0.1, 0.15) is 32.4 Å². The fourth-order valence-corrected chi connectivity index (χ4v) is 3.55. The number of hydrogen-bond acceptors (Lipinski definition) is 8. The molecule has 0 spiro atoms. The maximum absolute atomic E-state index is 11.4. The lowest BCUT2D eigenvalue weighted by molar-refractivity contribution is -0.00574. The molecule has 3 aromatic heterocycles. The third kappa shape index (κ3) is 3.48. The molecular weight excluding hydrogens is 376 g/mol. The van der Waals surface area contributed by atoms with Gasteiger partial charge in [-0.25, -0.2) is 9.79 Å². The summed E-state index contributed by atoms with van der Waals surface area (Å²) in [6.07, 6.45) is 5.48. The van der Waals surface area contributed by atoms with Gasteiger partial charge in [0.05, 0.1) is 24.4 Å². The molecule has 1 aliphatic heterocycles. The van der Waals surface area contributed by atoms with E-state index in [0.29, 0.717) is 35.5 Å². The van der Waals surface area contributed by atoms with Crippen LogP contribution in [0.25, 0.3) is 11.7 Å². The second-order valence-electron chi connectivity index (χ2n) is 7.67. The number of aromatic hydroxyl groups is 1. The predicted octanol–water partition coefficient (Wildman–Crippen LogP) is -0.929. The molecular formula is C18H22N8O3. The molecule has 5 rings (SSSR count). The lowest BCUT2D eigenvalue weighted by atomic mass is 10.2. The number of rotatable bonds is 3. The first-order chi connectivity index (χ1) is 14.0. The number of nitrogens with zero attached hydrogens (tertiary/aromatic N) is 6. The van der Waals surface area contributed by atoms with Gasteiger partial charge in [0, 0.05) is 18.3 Å². The number of aromatic nitrogens is 6. The van der Waals surface area contributed by atoms with E-state index in [1.165, 1.54) is 0 Å². The Bertz CT molecular complexity index is 1230. The molecule has 2 aliphatic rings. The summed E-state index contributed by atoms with van der Waals surface area (Å²) in [6.45, 7) is 5.42. The van der Waals surface area contributed by atoms with E-state index in [4.69, 9.17) is 14.7 Å². The normalized spacial score (nSPS) is 24.0. The van der Waals surface area contributed by atoms with Crippen molar-refractivity contribution in [2.75, 3.05) is 18.0 Å². The van der Waals surface area contributed by atoms with Crippen LogP contribution in [-0.4, -0.2) is 66.0 Å². The Kier molecular flexibility index (Phi) is 4.12. The third-order valence-corrected chi connectivity index (χ3v) is 4.95. The first kappa shape index (κ1) is 17.9. The van der Waals surface area contributed by atoms with Crippen LogP contribution in [-0.2, 0) is 4.74 Å². The molecule has 0 aromatic carbocycles. The molecule has 4 heterocycles. The van der Waals surface area contributed by atoms with E-state index in [-0.39, 0.29) is 29.8 Å². The summed E-state index contributed by atoms with van der Waals surface area (Å²) in [4.78, 5) is 32.5. The topological polar surface area (TPSA) is 137 Å². The van der Waals surface area contributed by atoms with Crippen molar-refractivity contribution in [2.45, 2.75) is 44.9 Å². The Morgan fingerprint density at radius 2 is 2.00 bits per heavy atom. The van der Waals surface area contributed by atoms with Gasteiger partial charge in [0.25, 0.3) is 5.62 Å². The number of morpholine rings is 1. The molecule has 152 valence electrons. The Morgan fingerprint density at radius 3 is 2.66 bits per heavy atom. The maximum Gasteiger partial charge on any atom is 0.326 e. The summed E-state index contributed by atoms with van der Waals surface area (Å²) in [5.74, 6) is 0.336. The Morgan fingerprint density at radius 1 is 1.24 bits per heavy atom. The summed E-state index contributed by atoms with van der Waals surface area (Å²) >= 11 is 0. The highest BCUT2D eigenvalue weighted by atomic mass is 16.5. The predicted molar refractivity (Wildman–Crippen MR) is 103 cm³/mol. The van der Waals surface area contributed by atoms with Crippen molar-refractivity contribution < 1.29 is 9.84 Å². The van der Waals surface area contributed by atoms with Crippen molar-refractivity contribution >= 4 is 17.7 Å². The van der Waals surface area contributed by atoms with Crippen LogP contribution in [0, 0.1) is 0 Å². The smallest absolute Gasteiger partial charge is 0.326 e. The summed E-state index contributed by atoms with van der Waals surface area (Å²) in [7, 11) is 0. The number of ether oxygens (including phenoxy) is 1. The summed E-state index contributed by atoms with van der Waals surface area (Å²) in [5, 5.41) is 14.9. The van der Waals surface area contributed by atoms with Gasteiger partial charge in [-0.1, -0.05) is 0 Å². The van der Waals surface area contributed by atoms with Crippen molar-refractivity contribution in [2.24, 2.45) is 4.99 Å². The van der Waals surface area contributed by atoms with E-state index in [1.807, 2.05) is 13.8 Å². The molecule has 0 amide bonds. The number of fused-ring (bicyclic) bond motifs is 1. The molecule has 2 fully saturated rings. The van der Waals surface area contributed by atoms with Crippen molar-refractivity contribution in [1.29, 1.82) is 0 Å². The largest absolute Gasteiger partial charge is 0.493 e. The van der Waals surface area contributed by atoms with E-state index < -0.39 is 5.69 Å². The molecule has 2 atom stereocenters. The van der Waals surface area contributed by atoms with Crippen molar-refractivity contribution in [3.63, 3.8) is 0 Å². The average Bonchev–Trinajstić information content (AvgIpc) is 3.29. The van der Waals surface area contributed by atoms with Gasteiger partial charge in [-0.05, 0) is 32.8 Å². The summed E-state index contributed by atoms with van der Waals surface area (Å²) < 4.78 is 7.42. The van der Waals surface area contributed by atoms with Crippen LogP contribution in [0.3, 0.4) is 0 Å². The molecule has 29 heavy (non-hydrogen) atoms. The van der Waals surface area contributed by atoms with Crippen molar-refractivity contribution in [3.05, 3.63) is 33.2 Å². The van der Waals surface area contributed by atoms with Gasteiger partial charge in [-0.2, -0.15) is 19.6 Å². The highest BCUT2D eigenvalue weighted by Crippen LogP contribution is 2.22. The van der Waals surface area contributed by atoms with Crippen molar-refractivity contribution in [3.8, 4) is 5.88 Å². The monoisotopic (exact) mass is 398 g/mol. The third-order valence-electron chi connectivity index (χ3n) is 4.95. The first-order valence-corrected chi connectivity index (χ1v) is 9.69. The fraction of sp³-hybridized carbons (Fsp3) is 0.500. The van der Waals surface area contributed by atoms with E-state index in [0.717, 1.165) is 12.8 Å². The van der Waals surface area contributed by atoms with Crippen LogP contribution in [0.5, 0.6) is 5.88 Å². The van der Waals surface area contributed by atoms with Gasteiger partial charge in [-0.3, -0.25) is 4.98 Å². The minimum atomic E-state index is -0.485. The standard InChI is InChI=1S/C18H22N8O3/c1-9-7-25(8-10(2)29-9)16-22-14-11(5-13-15(27)23-18(28)21-13)6-19-26(14)17(24-16)20-12-3-4-12/h5-6,9-10,12,27H,3-4,7-8H2,1-2H3,(H2,21,23,28)/b11-5+,20-17?. The van der Waals surface area contributed by atoms with E-state index in [2.05, 4.69) is 25.0 Å². The molecule has 3 aromatic rings. The van der Waals surface area contributed by atoms with Crippen LogP contribution in [0.2, 0.25) is 0 Å². The Hall–Kier alpha value is -3.21. The average molecular weight is 398 g/mol. The van der Waals surface area contributed by atoms with Crippen LogP contribution < -0.4 is 21.4 Å². The van der Waals surface area contributed by atoms with Crippen molar-refractivity contribution in [1.82, 2.24) is 29.5 Å². The van der Waals surface area contributed by atoms with E-state index in [1.54, 1.807) is 16.8 Å². The van der Waals surface area contributed by atoms with Gasteiger partial charge >= 0.3 is 5.69 Å². The highest BCUT2D eigenvalue weighted by molar-refractivity contribution is 5.57. The quantitative estimate of drug-likeness (QED) is 0.518. The SMILES string of the molecule is CC1CN(c2nc(=NC3CC3)n3nc/c(=C\c4[nH]c(=O)[nH]c4O)c3n2)CC(C)O1. The Balaban J connectivity index is 1.69. The minimum absolute atomic E-state index is 0.0696. The zero-order chi connectivity index (χ0) is 20.1. The summed E-state index contributed by atoms with van der Waals surface area (Å²) in [5.41, 5.74) is 0.842. The number of nitrogens with one attached hydrogen (secondary N) is 2. The highest BCUT2D eigenvalue weighted by Gasteiger charge is 2.26. The molecule has 2 unspecified atom stereocenters. The molecule has 3 N–H and O–H groups in total. The number of anilines is 1. The molecule has 1 aliphatic carbocycles. The maximum atomic E-state index is 11.4.